The summed E-state index contributed by atoms with van der Waals surface area (Å²) in [7, 11) is 0. The molecular weight excluding hydrogens is 321 g/mol. The summed E-state index contributed by atoms with van der Waals surface area (Å²) in [6, 6.07) is 4.41. The van der Waals surface area contributed by atoms with Crippen molar-refractivity contribution < 1.29 is 13.9 Å². The minimum atomic E-state index is -0.486. The fraction of sp³-hybridized carbons (Fsp3) is 0.375. The number of fused-ring (bicyclic) bond motifs is 1. The van der Waals surface area contributed by atoms with Gasteiger partial charge in [0.1, 0.15) is 5.82 Å². The van der Waals surface area contributed by atoms with E-state index in [0.717, 1.165) is 12.8 Å². The zero-order chi connectivity index (χ0) is 16.0. The number of rotatable bonds is 2. The van der Waals surface area contributed by atoms with Crippen LogP contribution in [0.5, 0.6) is 5.88 Å². The summed E-state index contributed by atoms with van der Waals surface area (Å²) in [5.41, 5.74) is 0.972. The van der Waals surface area contributed by atoms with Crippen molar-refractivity contribution in [3.05, 3.63) is 34.7 Å². The lowest BCUT2D eigenvalue weighted by Crippen LogP contribution is -2.42. The van der Waals surface area contributed by atoms with E-state index < -0.39 is 5.82 Å². The summed E-state index contributed by atoms with van der Waals surface area (Å²) in [5.74, 6) is -0.201. The fourth-order valence-electron chi connectivity index (χ4n) is 2.88. The van der Waals surface area contributed by atoms with E-state index in [1.54, 1.807) is 21.7 Å². The highest BCUT2D eigenvalue weighted by molar-refractivity contribution is 6.30. The van der Waals surface area contributed by atoms with Crippen molar-refractivity contribution in [2.24, 2.45) is 0 Å². The second-order valence-corrected chi connectivity index (χ2v) is 6.16. The van der Waals surface area contributed by atoms with Crippen LogP contribution in [0.25, 0.3) is 11.1 Å². The molecule has 1 amide bonds. The second kappa shape index (κ2) is 5.53. The normalized spacial score (nSPS) is 16.5. The van der Waals surface area contributed by atoms with Gasteiger partial charge in [-0.3, -0.25) is 4.79 Å². The molecule has 0 atom stereocenters. The molecule has 120 valence electrons. The number of halogens is 2. The maximum atomic E-state index is 14.4. The number of hydrogen-bond acceptors (Lipinski definition) is 3. The Morgan fingerprint density at radius 1 is 1.26 bits per heavy atom. The molecule has 7 heteroatoms. The molecule has 0 aliphatic carbocycles. The van der Waals surface area contributed by atoms with E-state index in [4.69, 9.17) is 16.3 Å². The van der Waals surface area contributed by atoms with Crippen LogP contribution in [0.2, 0.25) is 5.02 Å². The van der Waals surface area contributed by atoms with Crippen molar-refractivity contribution in [3.63, 3.8) is 0 Å². The predicted molar refractivity (Wildman–Crippen MR) is 83.3 cm³/mol. The van der Waals surface area contributed by atoms with Gasteiger partial charge in [0, 0.05) is 36.6 Å². The number of benzene rings is 1. The lowest BCUT2D eigenvalue weighted by Gasteiger charge is -2.30. The number of ether oxygens (including phenoxy) is 1. The van der Waals surface area contributed by atoms with E-state index in [2.05, 4.69) is 5.10 Å². The second-order valence-electron chi connectivity index (χ2n) is 5.72. The molecule has 0 radical (unpaired) electrons. The topological polar surface area (TPSA) is 47.4 Å². The molecular formula is C16H15ClFN3O2. The summed E-state index contributed by atoms with van der Waals surface area (Å²) >= 11 is 5.84. The highest BCUT2D eigenvalue weighted by atomic mass is 35.5. The van der Waals surface area contributed by atoms with Gasteiger partial charge in [-0.05, 0) is 24.6 Å². The summed E-state index contributed by atoms with van der Waals surface area (Å²) in [6.07, 6.45) is 1.80. The first kappa shape index (κ1) is 14.5. The number of likely N-dealkylation sites (tertiary alicyclic amines) is 1. The minimum absolute atomic E-state index is 0.175. The number of nitrogens with zero attached hydrogens (tertiary/aromatic N) is 3. The molecule has 2 aliphatic heterocycles. The van der Waals surface area contributed by atoms with E-state index in [0.29, 0.717) is 48.3 Å². The molecule has 1 aromatic heterocycles. The zero-order valence-corrected chi connectivity index (χ0v) is 13.1. The number of aryl methyl sites for hydroxylation is 1. The van der Waals surface area contributed by atoms with Crippen LogP contribution in [0.4, 0.5) is 4.39 Å². The lowest BCUT2D eigenvalue weighted by atomic mass is 10.0. The van der Waals surface area contributed by atoms with Crippen LogP contribution in [-0.2, 0) is 6.54 Å². The molecule has 2 aromatic rings. The van der Waals surface area contributed by atoms with Crippen LogP contribution in [0, 0.1) is 5.82 Å². The maximum absolute atomic E-state index is 14.4. The van der Waals surface area contributed by atoms with Crippen LogP contribution in [0.1, 0.15) is 23.3 Å². The molecule has 0 bridgehead atoms. The Labute approximate surface area is 137 Å². The van der Waals surface area contributed by atoms with Crippen molar-refractivity contribution in [3.8, 4) is 17.0 Å². The summed E-state index contributed by atoms with van der Waals surface area (Å²) in [4.78, 5) is 14.4. The third-order valence-corrected chi connectivity index (χ3v) is 4.44. The third-order valence-electron chi connectivity index (χ3n) is 4.21. The van der Waals surface area contributed by atoms with Crippen molar-refractivity contribution >= 4 is 17.5 Å². The van der Waals surface area contributed by atoms with Gasteiger partial charge in [-0.2, -0.15) is 5.10 Å². The predicted octanol–water partition coefficient (Wildman–Crippen LogP) is 2.97. The standard InChI is InChI=1S/C16H15ClFN3O2/c17-10-3-4-11(12(18)9-10)13-14(15(22)20-5-1-6-20)19-21-7-2-8-23-16(13)21/h3-4,9H,1-2,5-8H2. The van der Waals surface area contributed by atoms with Crippen LogP contribution in [0.3, 0.4) is 0 Å². The monoisotopic (exact) mass is 335 g/mol. The van der Waals surface area contributed by atoms with Gasteiger partial charge in [-0.25, -0.2) is 9.07 Å². The van der Waals surface area contributed by atoms with E-state index in [-0.39, 0.29) is 11.6 Å². The minimum Gasteiger partial charge on any atom is -0.477 e. The van der Waals surface area contributed by atoms with Gasteiger partial charge in [-0.15, -0.1) is 0 Å². The van der Waals surface area contributed by atoms with Crippen molar-refractivity contribution in [1.82, 2.24) is 14.7 Å². The molecule has 0 unspecified atom stereocenters. The first-order valence-electron chi connectivity index (χ1n) is 7.63. The van der Waals surface area contributed by atoms with Crippen LogP contribution in [0.15, 0.2) is 18.2 Å². The molecule has 23 heavy (non-hydrogen) atoms. The molecule has 3 heterocycles. The van der Waals surface area contributed by atoms with Crippen molar-refractivity contribution in [1.29, 1.82) is 0 Å². The number of carbonyl (C=O) groups excluding carboxylic acids is 1. The molecule has 0 saturated carbocycles. The Balaban J connectivity index is 1.88. The SMILES string of the molecule is O=C(c1nn2c(c1-c1ccc(Cl)cc1F)OCCC2)N1CCC1. The van der Waals surface area contributed by atoms with E-state index >= 15 is 0 Å². The zero-order valence-electron chi connectivity index (χ0n) is 12.4. The van der Waals surface area contributed by atoms with Gasteiger partial charge < -0.3 is 9.64 Å². The van der Waals surface area contributed by atoms with Gasteiger partial charge >= 0.3 is 0 Å². The number of aromatic nitrogens is 2. The maximum Gasteiger partial charge on any atom is 0.275 e. The van der Waals surface area contributed by atoms with Crippen LogP contribution >= 0.6 is 11.6 Å². The average Bonchev–Trinajstić information content (AvgIpc) is 2.85. The fourth-order valence-corrected chi connectivity index (χ4v) is 3.04. The van der Waals surface area contributed by atoms with Crippen molar-refractivity contribution in [2.75, 3.05) is 19.7 Å². The van der Waals surface area contributed by atoms with Gasteiger partial charge in [0.15, 0.2) is 5.69 Å². The number of amides is 1. The Bertz CT molecular complexity index is 786. The molecule has 4 rings (SSSR count). The van der Waals surface area contributed by atoms with E-state index in [1.807, 2.05) is 0 Å². The summed E-state index contributed by atoms with van der Waals surface area (Å²) < 4.78 is 21.8. The lowest BCUT2D eigenvalue weighted by molar-refractivity contribution is 0.0645. The van der Waals surface area contributed by atoms with E-state index in [9.17, 15) is 9.18 Å². The highest BCUT2D eigenvalue weighted by Crippen LogP contribution is 2.38. The van der Waals surface area contributed by atoms with Crippen LogP contribution < -0.4 is 4.74 Å². The number of hydrogen-bond donors (Lipinski definition) is 0. The van der Waals surface area contributed by atoms with Crippen molar-refractivity contribution in [2.45, 2.75) is 19.4 Å². The first-order chi connectivity index (χ1) is 11.1. The van der Waals surface area contributed by atoms with Gasteiger partial charge in [0.25, 0.3) is 5.91 Å². The molecule has 0 spiro atoms. The Kier molecular flexibility index (Phi) is 3.49. The molecule has 1 fully saturated rings. The first-order valence-corrected chi connectivity index (χ1v) is 8.01. The van der Waals surface area contributed by atoms with Gasteiger partial charge in [-0.1, -0.05) is 11.6 Å². The molecule has 5 nitrogen and oxygen atoms in total. The Morgan fingerprint density at radius 2 is 2.09 bits per heavy atom. The Hall–Kier alpha value is -2.08. The van der Waals surface area contributed by atoms with Crippen LogP contribution in [-0.4, -0.2) is 40.3 Å². The largest absolute Gasteiger partial charge is 0.477 e. The highest BCUT2D eigenvalue weighted by Gasteiger charge is 2.32. The summed E-state index contributed by atoms with van der Waals surface area (Å²) in [5, 5.41) is 4.70. The molecule has 2 aliphatic rings. The Morgan fingerprint density at radius 3 is 2.78 bits per heavy atom. The number of carbonyl (C=O) groups is 1. The molecule has 1 aromatic carbocycles. The third kappa shape index (κ3) is 2.37. The molecule has 0 N–H and O–H groups in total. The van der Waals surface area contributed by atoms with E-state index in [1.165, 1.54) is 6.07 Å². The van der Waals surface area contributed by atoms with Gasteiger partial charge in [0.05, 0.1) is 12.2 Å². The average molecular weight is 336 g/mol. The molecule has 1 saturated heterocycles. The smallest absolute Gasteiger partial charge is 0.275 e. The van der Waals surface area contributed by atoms with Gasteiger partial charge in [0.2, 0.25) is 5.88 Å². The summed E-state index contributed by atoms with van der Waals surface area (Å²) in [6.45, 7) is 2.62. The quantitative estimate of drug-likeness (QED) is 0.847.